The first-order valence-corrected chi connectivity index (χ1v) is 10.5. The highest BCUT2D eigenvalue weighted by Crippen LogP contribution is 2.30. The summed E-state index contributed by atoms with van der Waals surface area (Å²) in [6.45, 7) is 9.11. The number of ether oxygens (including phenoxy) is 2. The van der Waals surface area contributed by atoms with Crippen molar-refractivity contribution in [2.24, 2.45) is 0 Å². The summed E-state index contributed by atoms with van der Waals surface area (Å²) < 4.78 is 11.3. The summed E-state index contributed by atoms with van der Waals surface area (Å²) in [5.74, 6) is 2.75. The van der Waals surface area contributed by atoms with Gasteiger partial charge < -0.3 is 14.8 Å². The van der Waals surface area contributed by atoms with Crippen LogP contribution in [0.1, 0.15) is 43.5 Å². The second kappa shape index (κ2) is 10.9. The van der Waals surface area contributed by atoms with Gasteiger partial charge in [0.05, 0.1) is 25.0 Å². The van der Waals surface area contributed by atoms with Crippen LogP contribution in [0.5, 0.6) is 11.5 Å². The Hall–Kier alpha value is -2.14. The van der Waals surface area contributed by atoms with Crippen LogP contribution in [0.3, 0.4) is 0 Å². The second-order valence-electron chi connectivity index (χ2n) is 6.34. The number of rotatable bonds is 10. The number of hydrogen-bond donors (Lipinski definition) is 1. The molecule has 2 aromatic carbocycles. The van der Waals surface area contributed by atoms with Crippen molar-refractivity contribution < 1.29 is 14.3 Å². The molecule has 1 atom stereocenters. The lowest BCUT2D eigenvalue weighted by molar-refractivity contribution is -0.119. The largest absolute Gasteiger partial charge is 0.490 e. The van der Waals surface area contributed by atoms with E-state index in [0.717, 1.165) is 17.1 Å². The quantitative estimate of drug-likeness (QED) is 0.630. The average molecular weight is 388 g/mol. The Bertz CT molecular complexity index is 748. The van der Waals surface area contributed by atoms with Gasteiger partial charge in [0.1, 0.15) is 0 Å². The minimum atomic E-state index is -0.0908. The molecule has 0 saturated carbocycles. The Balaban J connectivity index is 1.88. The molecule has 146 valence electrons. The minimum absolute atomic E-state index is 0.0343. The zero-order valence-corrected chi connectivity index (χ0v) is 17.4. The van der Waals surface area contributed by atoms with E-state index >= 15 is 0 Å². The van der Waals surface area contributed by atoms with E-state index in [1.165, 1.54) is 11.1 Å². The van der Waals surface area contributed by atoms with Gasteiger partial charge in [-0.3, -0.25) is 4.79 Å². The summed E-state index contributed by atoms with van der Waals surface area (Å²) in [5, 5.41) is 3.06. The molecular weight excluding hydrogens is 358 g/mol. The van der Waals surface area contributed by atoms with Crippen molar-refractivity contribution in [1.29, 1.82) is 0 Å². The van der Waals surface area contributed by atoms with Crippen molar-refractivity contribution in [2.75, 3.05) is 19.0 Å². The third-order valence-corrected chi connectivity index (χ3v) is 5.03. The molecular formula is C22H29NO3S. The molecule has 4 nitrogen and oxygen atoms in total. The maximum atomic E-state index is 12.3. The van der Waals surface area contributed by atoms with Crippen molar-refractivity contribution in [2.45, 2.75) is 39.5 Å². The van der Waals surface area contributed by atoms with Crippen LogP contribution in [0.25, 0.3) is 0 Å². The molecule has 2 rings (SSSR count). The lowest BCUT2D eigenvalue weighted by Gasteiger charge is -2.17. The minimum Gasteiger partial charge on any atom is -0.490 e. The van der Waals surface area contributed by atoms with E-state index in [0.29, 0.717) is 24.7 Å². The predicted molar refractivity (Wildman–Crippen MR) is 113 cm³/mol. The van der Waals surface area contributed by atoms with Crippen LogP contribution in [0.2, 0.25) is 0 Å². The molecule has 0 spiro atoms. The summed E-state index contributed by atoms with van der Waals surface area (Å²) in [6.07, 6.45) is 0. The molecule has 27 heavy (non-hydrogen) atoms. The molecule has 0 aliphatic rings. The number of carbonyl (C=O) groups is 1. The van der Waals surface area contributed by atoms with Gasteiger partial charge in [-0.2, -0.15) is 0 Å². The SMILES string of the molecule is CCOc1ccc(C(C)NC(=O)CSCc2cccc(C)c2)cc1OCC. The molecule has 1 unspecified atom stereocenters. The average Bonchev–Trinajstić information content (AvgIpc) is 2.63. The maximum Gasteiger partial charge on any atom is 0.230 e. The number of aryl methyl sites for hydroxylation is 1. The van der Waals surface area contributed by atoms with Gasteiger partial charge in [0.2, 0.25) is 5.91 Å². The fourth-order valence-corrected chi connectivity index (χ4v) is 3.55. The highest BCUT2D eigenvalue weighted by Gasteiger charge is 2.13. The molecule has 0 aliphatic heterocycles. The summed E-state index contributed by atoms with van der Waals surface area (Å²) in [6, 6.07) is 14.1. The van der Waals surface area contributed by atoms with Crippen LogP contribution in [0.4, 0.5) is 0 Å². The smallest absolute Gasteiger partial charge is 0.230 e. The van der Waals surface area contributed by atoms with Crippen LogP contribution in [0, 0.1) is 6.92 Å². The molecule has 0 bridgehead atoms. The zero-order chi connectivity index (χ0) is 19.6. The fraction of sp³-hybridized carbons (Fsp3) is 0.409. The summed E-state index contributed by atoms with van der Waals surface area (Å²) >= 11 is 1.62. The molecule has 5 heteroatoms. The standard InChI is InChI=1S/C22H29NO3S/c1-5-25-20-11-10-19(13-21(20)26-6-2)17(4)23-22(24)15-27-14-18-9-7-8-16(3)12-18/h7-13,17H,5-6,14-15H2,1-4H3,(H,23,24). The van der Waals surface area contributed by atoms with Gasteiger partial charge in [-0.1, -0.05) is 35.9 Å². The number of amides is 1. The summed E-state index contributed by atoms with van der Waals surface area (Å²) in [7, 11) is 0. The van der Waals surface area contributed by atoms with Crippen LogP contribution in [-0.2, 0) is 10.5 Å². The van der Waals surface area contributed by atoms with E-state index in [9.17, 15) is 4.79 Å². The van der Waals surface area contributed by atoms with Crippen LogP contribution < -0.4 is 14.8 Å². The molecule has 2 aromatic rings. The normalized spacial score (nSPS) is 11.7. The van der Waals surface area contributed by atoms with Gasteiger partial charge >= 0.3 is 0 Å². The molecule has 0 saturated heterocycles. The van der Waals surface area contributed by atoms with Crippen molar-refractivity contribution in [3.05, 3.63) is 59.2 Å². The summed E-state index contributed by atoms with van der Waals surface area (Å²) in [4.78, 5) is 12.3. The van der Waals surface area contributed by atoms with Crippen molar-refractivity contribution in [1.82, 2.24) is 5.32 Å². The van der Waals surface area contributed by atoms with Gasteiger partial charge in [-0.15, -0.1) is 11.8 Å². The van der Waals surface area contributed by atoms with Crippen LogP contribution >= 0.6 is 11.8 Å². The van der Waals surface area contributed by atoms with Crippen molar-refractivity contribution >= 4 is 17.7 Å². The zero-order valence-electron chi connectivity index (χ0n) is 16.6. The Morgan fingerprint density at radius 3 is 2.52 bits per heavy atom. The maximum absolute atomic E-state index is 12.3. The molecule has 1 amide bonds. The Morgan fingerprint density at radius 2 is 1.81 bits per heavy atom. The van der Waals surface area contributed by atoms with E-state index < -0.39 is 0 Å². The third-order valence-electron chi connectivity index (χ3n) is 4.03. The third kappa shape index (κ3) is 6.83. The molecule has 0 aromatic heterocycles. The van der Waals surface area contributed by atoms with Gasteiger partial charge in [-0.05, 0) is 51.0 Å². The first-order chi connectivity index (χ1) is 13.0. The molecule has 1 N–H and O–H groups in total. The highest BCUT2D eigenvalue weighted by atomic mass is 32.2. The lowest BCUT2D eigenvalue weighted by atomic mass is 10.1. The Labute approximate surface area is 166 Å². The van der Waals surface area contributed by atoms with Crippen LogP contribution in [0.15, 0.2) is 42.5 Å². The monoisotopic (exact) mass is 387 g/mol. The fourth-order valence-electron chi connectivity index (χ4n) is 2.77. The van der Waals surface area contributed by atoms with Gasteiger partial charge in [0.15, 0.2) is 11.5 Å². The number of carbonyl (C=O) groups excluding carboxylic acids is 1. The second-order valence-corrected chi connectivity index (χ2v) is 7.33. The molecule has 0 heterocycles. The van der Waals surface area contributed by atoms with Gasteiger partial charge in [0, 0.05) is 5.75 Å². The first kappa shape index (κ1) is 21.2. The predicted octanol–water partition coefficient (Wildman–Crippen LogP) is 4.90. The van der Waals surface area contributed by atoms with E-state index in [4.69, 9.17) is 9.47 Å². The summed E-state index contributed by atoms with van der Waals surface area (Å²) in [5.41, 5.74) is 3.49. The Kier molecular flexibility index (Phi) is 8.52. The molecule has 0 radical (unpaired) electrons. The number of thioether (sulfide) groups is 1. The van der Waals surface area contributed by atoms with Gasteiger partial charge in [-0.25, -0.2) is 0 Å². The van der Waals surface area contributed by atoms with Crippen molar-refractivity contribution in [3.8, 4) is 11.5 Å². The Morgan fingerprint density at radius 1 is 1.07 bits per heavy atom. The topological polar surface area (TPSA) is 47.6 Å². The van der Waals surface area contributed by atoms with Gasteiger partial charge in [0.25, 0.3) is 0 Å². The van der Waals surface area contributed by atoms with E-state index in [1.54, 1.807) is 11.8 Å². The van der Waals surface area contributed by atoms with Crippen molar-refractivity contribution in [3.63, 3.8) is 0 Å². The van der Waals surface area contributed by atoms with E-state index in [2.05, 4.69) is 36.5 Å². The highest BCUT2D eigenvalue weighted by molar-refractivity contribution is 7.99. The number of benzene rings is 2. The first-order valence-electron chi connectivity index (χ1n) is 9.35. The van der Waals surface area contributed by atoms with Crippen LogP contribution in [-0.4, -0.2) is 24.9 Å². The number of hydrogen-bond acceptors (Lipinski definition) is 4. The molecule has 0 fully saturated rings. The lowest BCUT2D eigenvalue weighted by Crippen LogP contribution is -2.28. The van der Waals surface area contributed by atoms with E-state index in [1.807, 2.05) is 39.0 Å². The number of nitrogens with one attached hydrogen (secondary N) is 1. The molecule has 0 aliphatic carbocycles. The van der Waals surface area contributed by atoms with E-state index in [-0.39, 0.29) is 11.9 Å².